The van der Waals surface area contributed by atoms with Crippen LogP contribution in [0.25, 0.3) is 0 Å². The first kappa shape index (κ1) is 18.7. The van der Waals surface area contributed by atoms with Gasteiger partial charge in [-0.05, 0) is 25.5 Å². The van der Waals surface area contributed by atoms with Crippen molar-refractivity contribution in [2.24, 2.45) is 0 Å². The van der Waals surface area contributed by atoms with E-state index >= 15 is 0 Å². The Labute approximate surface area is 149 Å². The molecule has 0 saturated carbocycles. The van der Waals surface area contributed by atoms with Crippen LogP contribution in [0.2, 0.25) is 0 Å². The lowest BCUT2D eigenvalue weighted by Crippen LogP contribution is -2.39. The highest BCUT2D eigenvalue weighted by Crippen LogP contribution is 2.18. The normalized spacial score (nSPS) is 11.6. The van der Waals surface area contributed by atoms with Gasteiger partial charge in [0.05, 0.1) is 5.25 Å². The Kier molecular flexibility index (Phi) is 6.76. The van der Waals surface area contributed by atoms with Gasteiger partial charge in [0.1, 0.15) is 0 Å². The molecule has 2 rings (SSSR count). The van der Waals surface area contributed by atoms with Gasteiger partial charge in [0.15, 0.2) is 5.16 Å². The van der Waals surface area contributed by atoms with E-state index in [1.54, 1.807) is 31.2 Å². The molecule has 2 aromatic rings. The number of nitrogens with one attached hydrogen (secondary N) is 3. The third-order valence-electron chi connectivity index (χ3n) is 3.21. The standard InChI is InChI=1S/C17H20N4O3S/c1-3-7-13-10-14(22)20-17(19-13)25-11(2)15(23)21-16(24)18-12-8-5-4-6-9-12/h4-6,8-11H,3,7H2,1-2H3,(H,19,20,22)(H2,18,21,23,24). The molecule has 0 radical (unpaired) electrons. The van der Waals surface area contributed by atoms with Gasteiger partial charge in [-0.3, -0.25) is 14.9 Å². The Bertz CT molecular complexity index is 792. The Balaban J connectivity index is 1.93. The lowest BCUT2D eigenvalue weighted by molar-refractivity contribution is -0.119. The number of urea groups is 1. The van der Waals surface area contributed by atoms with Crippen molar-refractivity contribution < 1.29 is 9.59 Å². The zero-order chi connectivity index (χ0) is 18.2. The van der Waals surface area contributed by atoms with Crippen LogP contribution < -0.4 is 16.2 Å². The molecule has 0 fully saturated rings. The van der Waals surface area contributed by atoms with Gasteiger partial charge in [-0.25, -0.2) is 9.78 Å². The summed E-state index contributed by atoms with van der Waals surface area (Å²) in [6.45, 7) is 3.64. The molecule has 0 bridgehead atoms. The lowest BCUT2D eigenvalue weighted by atomic mass is 10.2. The number of carbonyl (C=O) groups excluding carboxylic acids is 2. The Morgan fingerprint density at radius 1 is 1.28 bits per heavy atom. The van der Waals surface area contributed by atoms with Gasteiger partial charge in [-0.2, -0.15) is 0 Å². The van der Waals surface area contributed by atoms with Crippen LogP contribution in [0.3, 0.4) is 0 Å². The molecule has 1 atom stereocenters. The second-order valence-electron chi connectivity index (χ2n) is 5.36. The number of hydrogen-bond donors (Lipinski definition) is 3. The van der Waals surface area contributed by atoms with Crippen molar-refractivity contribution in [1.82, 2.24) is 15.3 Å². The van der Waals surface area contributed by atoms with E-state index in [1.165, 1.54) is 6.07 Å². The molecule has 1 unspecified atom stereocenters. The third kappa shape index (κ3) is 6.07. The van der Waals surface area contributed by atoms with Crippen molar-refractivity contribution in [2.45, 2.75) is 37.1 Å². The summed E-state index contributed by atoms with van der Waals surface area (Å²) in [6.07, 6.45) is 1.56. The number of amides is 3. The fourth-order valence-corrected chi connectivity index (χ4v) is 2.87. The second kappa shape index (κ2) is 9.03. The summed E-state index contributed by atoms with van der Waals surface area (Å²) >= 11 is 1.10. The summed E-state index contributed by atoms with van der Waals surface area (Å²) in [4.78, 5) is 42.5. The first-order valence-electron chi connectivity index (χ1n) is 7.91. The molecule has 0 saturated heterocycles. The number of para-hydroxylation sites is 1. The first-order chi connectivity index (χ1) is 12.0. The largest absolute Gasteiger partial charge is 0.325 e. The Morgan fingerprint density at radius 3 is 2.68 bits per heavy atom. The first-order valence-corrected chi connectivity index (χ1v) is 8.79. The second-order valence-corrected chi connectivity index (χ2v) is 6.69. The molecule has 3 amide bonds. The number of hydrogen-bond acceptors (Lipinski definition) is 5. The lowest BCUT2D eigenvalue weighted by Gasteiger charge is -2.11. The van der Waals surface area contributed by atoms with Gasteiger partial charge in [0.25, 0.3) is 5.56 Å². The number of anilines is 1. The maximum absolute atomic E-state index is 12.1. The summed E-state index contributed by atoms with van der Waals surface area (Å²) in [7, 11) is 0. The summed E-state index contributed by atoms with van der Waals surface area (Å²) in [6, 6.07) is 9.66. The van der Waals surface area contributed by atoms with Gasteiger partial charge in [-0.15, -0.1) is 0 Å². The molecule has 1 heterocycles. The zero-order valence-corrected chi connectivity index (χ0v) is 14.9. The van der Waals surface area contributed by atoms with Crippen molar-refractivity contribution >= 4 is 29.4 Å². The molecule has 0 spiro atoms. The van der Waals surface area contributed by atoms with Crippen molar-refractivity contribution in [3.8, 4) is 0 Å². The highest BCUT2D eigenvalue weighted by molar-refractivity contribution is 8.00. The molecule has 132 valence electrons. The quantitative estimate of drug-likeness (QED) is 0.542. The van der Waals surface area contributed by atoms with Gasteiger partial charge in [0, 0.05) is 17.4 Å². The van der Waals surface area contributed by atoms with E-state index in [-0.39, 0.29) is 5.56 Å². The van der Waals surface area contributed by atoms with E-state index in [9.17, 15) is 14.4 Å². The maximum Gasteiger partial charge on any atom is 0.325 e. The minimum Gasteiger partial charge on any atom is -0.308 e. The number of aromatic nitrogens is 2. The number of H-pyrrole nitrogens is 1. The predicted molar refractivity (Wildman–Crippen MR) is 97.8 cm³/mol. The van der Waals surface area contributed by atoms with Gasteiger partial charge >= 0.3 is 6.03 Å². The van der Waals surface area contributed by atoms with Gasteiger partial charge in [0.2, 0.25) is 5.91 Å². The summed E-state index contributed by atoms with van der Waals surface area (Å²) in [5.41, 5.74) is 1.02. The number of benzene rings is 1. The highest BCUT2D eigenvalue weighted by Gasteiger charge is 2.18. The van der Waals surface area contributed by atoms with Crippen molar-refractivity contribution in [2.75, 3.05) is 5.32 Å². The smallest absolute Gasteiger partial charge is 0.308 e. The van der Waals surface area contributed by atoms with E-state index in [0.717, 1.165) is 18.2 Å². The topological polar surface area (TPSA) is 104 Å². The molecule has 8 heteroatoms. The molecule has 3 N–H and O–H groups in total. The number of nitrogens with zero attached hydrogens (tertiary/aromatic N) is 1. The molecule has 7 nitrogen and oxygen atoms in total. The molecule has 25 heavy (non-hydrogen) atoms. The van der Waals surface area contributed by atoms with E-state index < -0.39 is 17.2 Å². The van der Waals surface area contributed by atoms with Crippen LogP contribution in [-0.2, 0) is 11.2 Å². The number of aromatic amines is 1. The summed E-state index contributed by atoms with van der Waals surface area (Å²) in [5.74, 6) is -0.470. The molecule has 1 aromatic carbocycles. The molecular formula is C17H20N4O3S. The SMILES string of the molecule is CCCc1cc(=O)[nH]c(SC(C)C(=O)NC(=O)Nc2ccccc2)n1. The molecule has 0 aliphatic carbocycles. The number of rotatable bonds is 6. The van der Waals surface area contributed by atoms with Crippen LogP contribution in [0.4, 0.5) is 10.5 Å². The Morgan fingerprint density at radius 2 is 2.00 bits per heavy atom. The highest BCUT2D eigenvalue weighted by atomic mass is 32.2. The average Bonchev–Trinajstić information content (AvgIpc) is 2.55. The molecule has 0 aliphatic heterocycles. The van der Waals surface area contributed by atoms with Gasteiger partial charge in [-0.1, -0.05) is 43.3 Å². The fourth-order valence-electron chi connectivity index (χ4n) is 2.04. The van der Waals surface area contributed by atoms with Crippen molar-refractivity contribution in [3.63, 3.8) is 0 Å². The number of thioether (sulfide) groups is 1. The average molecular weight is 360 g/mol. The van der Waals surface area contributed by atoms with Crippen molar-refractivity contribution in [1.29, 1.82) is 0 Å². The number of imide groups is 1. The van der Waals surface area contributed by atoms with Crippen LogP contribution in [0.15, 0.2) is 46.3 Å². The molecular weight excluding hydrogens is 340 g/mol. The monoisotopic (exact) mass is 360 g/mol. The van der Waals surface area contributed by atoms with E-state index in [4.69, 9.17) is 0 Å². The Hall–Kier alpha value is -2.61. The third-order valence-corrected chi connectivity index (χ3v) is 4.19. The molecule has 1 aromatic heterocycles. The van der Waals surface area contributed by atoms with Crippen LogP contribution in [0.5, 0.6) is 0 Å². The van der Waals surface area contributed by atoms with E-state index in [2.05, 4.69) is 20.6 Å². The summed E-state index contributed by atoms with van der Waals surface area (Å²) in [5, 5.41) is 4.61. The van der Waals surface area contributed by atoms with Gasteiger partial charge < -0.3 is 10.3 Å². The minimum atomic E-state index is -0.607. The predicted octanol–water partition coefficient (Wildman–Crippen LogP) is 2.55. The maximum atomic E-state index is 12.1. The number of aryl methyl sites for hydroxylation is 1. The number of carbonyl (C=O) groups is 2. The molecule has 0 aliphatic rings. The van der Waals surface area contributed by atoms with Crippen LogP contribution in [0.1, 0.15) is 26.0 Å². The van der Waals surface area contributed by atoms with Crippen LogP contribution >= 0.6 is 11.8 Å². The minimum absolute atomic E-state index is 0.254. The zero-order valence-electron chi connectivity index (χ0n) is 14.0. The summed E-state index contributed by atoms with van der Waals surface area (Å²) < 4.78 is 0. The fraction of sp³-hybridized carbons (Fsp3) is 0.294. The van der Waals surface area contributed by atoms with E-state index in [1.807, 2.05) is 13.0 Å². The van der Waals surface area contributed by atoms with Crippen LogP contribution in [-0.4, -0.2) is 27.2 Å². The van der Waals surface area contributed by atoms with E-state index in [0.29, 0.717) is 23.0 Å². The van der Waals surface area contributed by atoms with Crippen molar-refractivity contribution in [3.05, 3.63) is 52.4 Å². The van der Waals surface area contributed by atoms with Crippen LogP contribution in [0, 0.1) is 0 Å².